The third-order valence-corrected chi connectivity index (χ3v) is 9.95. The molecule has 0 amide bonds. The number of nitrogens with zero attached hydrogens (tertiary/aromatic N) is 2. The molecule has 1 aliphatic carbocycles. The molecule has 1 N–H and O–H groups in total. The van der Waals surface area contributed by atoms with Crippen LogP contribution in [0.5, 0.6) is 0 Å². The van der Waals surface area contributed by atoms with E-state index in [9.17, 15) is 30.3 Å². The van der Waals surface area contributed by atoms with Crippen LogP contribution in [0.15, 0.2) is 120 Å². The second-order valence-corrected chi connectivity index (χ2v) is 15.9. The van der Waals surface area contributed by atoms with E-state index in [0.29, 0.717) is 5.76 Å². The van der Waals surface area contributed by atoms with Crippen LogP contribution in [0.2, 0.25) is 0 Å². The van der Waals surface area contributed by atoms with Crippen molar-refractivity contribution in [3.63, 3.8) is 0 Å². The molecule has 3 aliphatic rings. The number of halogens is 6. The molecule has 0 saturated heterocycles. The molecule has 2 aliphatic heterocycles. The zero-order valence-corrected chi connectivity index (χ0v) is 29.1. The predicted molar refractivity (Wildman–Crippen MR) is 191 cm³/mol. The van der Waals surface area contributed by atoms with E-state index >= 15 is 0 Å². The van der Waals surface area contributed by atoms with Crippen molar-refractivity contribution in [3.05, 3.63) is 131 Å². The average Bonchev–Trinajstić information content (AvgIpc) is 3.52. The predicted octanol–water partition coefficient (Wildman–Crippen LogP) is 12.8. The number of aliphatic hydroxyl groups excluding tert-OH is 1. The molecule has 49 heavy (non-hydrogen) atoms. The van der Waals surface area contributed by atoms with Crippen molar-refractivity contribution in [2.24, 2.45) is 0 Å². The summed E-state index contributed by atoms with van der Waals surface area (Å²) in [6.45, 7) is 9.23. The van der Waals surface area contributed by atoms with Crippen molar-refractivity contribution in [1.29, 1.82) is 0 Å². The maximum atomic E-state index is 11.3. The van der Waals surface area contributed by atoms with Crippen molar-refractivity contribution < 1.29 is 34.9 Å². The molecule has 3 nitrogen and oxygen atoms in total. The number of likely N-dealkylation sites (N-methyl/N-ethyl adjacent to an activating group) is 1. The van der Waals surface area contributed by atoms with Gasteiger partial charge in [-0.1, -0.05) is 74.5 Å². The molecule has 7 rings (SSSR count). The molecule has 258 valence electrons. The fourth-order valence-corrected chi connectivity index (χ4v) is 7.78. The van der Waals surface area contributed by atoms with Gasteiger partial charge < -0.3 is 10.0 Å². The van der Waals surface area contributed by atoms with Crippen LogP contribution in [0, 0.1) is 0 Å². The van der Waals surface area contributed by atoms with Gasteiger partial charge in [0, 0.05) is 41.6 Å². The molecule has 0 fully saturated rings. The molecule has 0 saturated carbocycles. The van der Waals surface area contributed by atoms with Crippen LogP contribution in [0.25, 0.3) is 21.5 Å². The first kappa shape index (κ1) is 34.5. The Labute approximate surface area is 282 Å². The van der Waals surface area contributed by atoms with Gasteiger partial charge in [0.25, 0.3) is 0 Å². The van der Waals surface area contributed by atoms with Crippen molar-refractivity contribution in [2.45, 2.75) is 51.4 Å². The molecule has 4 aromatic rings. The standard InChI is InChI=1S/C39H38N2O.F6P/c1-38(2)33(40(5)31-21-17-25-11-7-9-13-29(25)35(31)38)23-19-27-15-16-28(37(27)42)20-24-34-39(3,4)36-30-14-10-8-12-26(30)18-22-32(36)41(34)6;1-7(2,3,4,5)6/h7-14,17-24H,15-16H2,1-6H3;/q;-1/p+1. The number of allylic oxidation sites excluding steroid dienone is 7. The van der Waals surface area contributed by atoms with Crippen LogP contribution in [0.4, 0.5) is 36.6 Å². The molecular weight excluding hydrogens is 657 g/mol. The van der Waals surface area contributed by atoms with Crippen molar-refractivity contribution in [1.82, 2.24) is 0 Å². The van der Waals surface area contributed by atoms with Gasteiger partial charge in [0.05, 0.1) is 5.41 Å². The van der Waals surface area contributed by atoms with Crippen molar-refractivity contribution in [2.75, 3.05) is 19.0 Å². The maximum absolute atomic E-state index is 11.3. The number of hydrogen-bond acceptors (Lipinski definition) is 2. The summed E-state index contributed by atoms with van der Waals surface area (Å²) in [6.07, 6.45) is 10.4. The van der Waals surface area contributed by atoms with Gasteiger partial charge in [-0.25, -0.2) is 0 Å². The average molecular weight is 697 g/mol. The number of rotatable bonds is 3. The van der Waals surface area contributed by atoms with E-state index in [1.165, 1.54) is 55.5 Å². The van der Waals surface area contributed by atoms with Crippen LogP contribution < -0.4 is 4.90 Å². The number of aliphatic hydroxyl groups is 1. The van der Waals surface area contributed by atoms with Crippen molar-refractivity contribution >= 4 is 46.4 Å². The minimum absolute atomic E-state index is 0.142. The van der Waals surface area contributed by atoms with E-state index in [0.717, 1.165) is 24.0 Å². The summed E-state index contributed by atoms with van der Waals surface area (Å²) < 4.78 is 61.5. The zero-order valence-electron chi connectivity index (χ0n) is 28.2. The fraction of sp³-hybridized carbons (Fsp3) is 0.256. The van der Waals surface area contributed by atoms with E-state index in [4.69, 9.17) is 0 Å². The van der Waals surface area contributed by atoms with E-state index in [1.54, 1.807) is 0 Å². The molecule has 0 radical (unpaired) electrons. The first-order chi connectivity index (χ1) is 22.6. The second-order valence-electron chi connectivity index (χ2n) is 14.0. The Morgan fingerprint density at radius 1 is 0.714 bits per heavy atom. The van der Waals surface area contributed by atoms with Crippen LogP contribution >= 0.6 is 7.81 Å². The molecule has 0 bridgehead atoms. The van der Waals surface area contributed by atoms with Crippen LogP contribution in [0.1, 0.15) is 51.7 Å². The van der Waals surface area contributed by atoms with Crippen LogP contribution in [-0.4, -0.2) is 29.5 Å². The Kier molecular flexibility index (Phi) is 7.62. The third kappa shape index (κ3) is 6.65. The van der Waals surface area contributed by atoms with Gasteiger partial charge in [0.1, 0.15) is 12.8 Å². The Hall–Kier alpha value is -4.36. The first-order valence-electron chi connectivity index (χ1n) is 16.0. The quantitative estimate of drug-likeness (QED) is 0.131. The monoisotopic (exact) mass is 696 g/mol. The molecule has 0 unspecified atom stereocenters. The number of fused-ring (bicyclic) bond motifs is 6. The van der Waals surface area contributed by atoms with Gasteiger partial charge in [0.2, 0.25) is 5.69 Å². The summed E-state index contributed by atoms with van der Waals surface area (Å²) in [5, 5.41) is 16.5. The van der Waals surface area contributed by atoms with Gasteiger partial charge in [-0.3, -0.25) is 0 Å². The summed E-state index contributed by atoms with van der Waals surface area (Å²) in [5.41, 5.74) is 9.47. The van der Waals surface area contributed by atoms with E-state index in [1.807, 2.05) is 0 Å². The Balaban J connectivity index is 0.000000540. The summed E-state index contributed by atoms with van der Waals surface area (Å²) in [6, 6.07) is 26.2. The summed E-state index contributed by atoms with van der Waals surface area (Å²) in [7, 11) is -6.34. The molecule has 10 heteroatoms. The topological polar surface area (TPSA) is 26.5 Å². The van der Waals surface area contributed by atoms with Gasteiger partial charge in [-0.05, 0) is 89.2 Å². The Morgan fingerprint density at radius 3 is 1.88 bits per heavy atom. The molecular formula is C39H39F6N2OP. The van der Waals surface area contributed by atoms with E-state index < -0.39 is 7.81 Å². The number of anilines is 1. The minimum atomic E-state index is -10.7. The first-order valence-corrected chi connectivity index (χ1v) is 18.1. The van der Waals surface area contributed by atoms with E-state index in [-0.39, 0.29) is 10.8 Å². The SMILES string of the molecule is CN1C(=CC=C2CCC(C=CC3=[N+](C)c4ccc5ccccc5c4C3(C)C)=C2O)C(C)(C)c2c1ccc1ccccc21.F[P-](F)(F)(F)(F)F. The van der Waals surface area contributed by atoms with Crippen LogP contribution in [0.3, 0.4) is 0 Å². The summed E-state index contributed by atoms with van der Waals surface area (Å²) in [4.78, 5) is 2.31. The molecule has 2 heterocycles. The van der Waals surface area contributed by atoms with Gasteiger partial charge in [0.15, 0.2) is 5.71 Å². The Bertz CT molecular complexity index is 2200. The molecule has 0 spiro atoms. The zero-order chi connectivity index (χ0) is 35.8. The third-order valence-electron chi connectivity index (χ3n) is 9.95. The molecule has 0 aromatic heterocycles. The molecule has 4 aromatic carbocycles. The molecule has 0 atom stereocenters. The van der Waals surface area contributed by atoms with Gasteiger partial charge in [-0.2, -0.15) is 4.58 Å². The number of benzene rings is 4. The Morgan fingerprint density at radius 2 is 1.27 bits per heavy atom. The number of hydrogen-bond donors (Lipinski definition) is 1. The fourth-order valence-electron chi connectivity index (χ4n) is 7.78. The summed E-state index contributed by atoms with van der Waals surface area (Å²) in [5.74, 6) is 0.423. The van der Waals surface area contributed by atoms with Crippen LogP contribution in [-0.2, 0) is 10.8 Å². The van der Waals surface area contributed by atoms with E-state index in [2.05, 4.69) is 148 Å². The summed E-state index contributed by atoms with van der Waals surface area (Å²) >= 11 is 0. The van der Waals surface area contributed by atoms with Crippen molar-refractivity contribution in [3.8, 4) is 0 Å². The van der Waals surface area contributed by atoms with Gasteiger partial charge >= 0.3 is 33.0 Å². The normalized spacial score (nSPS) is 21.4. The second kappa shape index (κ2) is 10.8. The van der Waals surface area contributed by atoms with Gasteiger partial charge in [-0.15, -0.1) is 0 Å².